The molecule has 0 radical (unpaired) electrons. The van der Waals surface area contributed by atoms with Crippen LogP contribution in [0.5, 0.6) is 0 Å². The first-order valence-corrected chi connectivity index (χ1v) is 5.71. The van der Waals surface area contributed by atoms with Crippen molar-refractivity contribution in [3.05, 3.63) is 35.4 Å². The van der Waals surface area contributed by atoms with Crippen molar-refractivity contribution in [1.29, 1.82) is 0 Å². The van der Waals surface area contributed by atoms with Crippen LogP contribution in [0, 0.1) is 17.6 Å². The van der Waals surface area contributed by atoms with E-state index in [0.29, 0.717) is 24.3 Å². The molecule has 1 atom stereocenters. The first kappa shape index (κ1) is 11.5. The molecule has 1 saturated carbocycles. The van der Waals surface area contributed by atoms with E-state index in [1.54, 1.807) is 6.07 Å². The van der Waals surface area contributed by atoms with Crippen molar-refractivity contribution in [3.63, 3.8) is 0 Å². The van der Waals surface area contributed by atoms with Gasteiger partial charge in [0, 0.05) is 6.42 Å². The van der Waals surface area contributed by atoms with Gasteiger partial charge in [-0.1, -0.05) is 13.0 Å². The second-order valence-electron chi connectivity index (χ2n) is 4.66. The number of benzene rings is 1. The number of halogens is 2. The molecule has 0 heterocycles. The Balaban J connectivity index is 2.15. The topological polar surface area (TPSA) is 20.2 Å². The molecule has 1 aliphatic carbocycles. The van der Waals surface area contributed by atoms with E-state index in [4.69, 9.17) is 0 Å². The van der Waals surface area contributed by atoms with Crippen LogP contribution < -0.4 is 0 Å². The lowest BCUT2D eigenvalue weighted by atomic mass is 9.87. The van der Waals surface area contributed by atoms with Gasteiger partial charge in [-0.05, 0) is 42.9 Å². The van der Waals surface area contributed by atoms with Gasteiger partial charge in [0.25, 0.3) is 0 Å². The molecule has 1 unspecified atom stereocenters. The van der Waals surface area contributed by atoms with E-state index < -0.39 is 17.2 Å². The Hall–Kier alpha value is -0.960. The third kappa shape index (κ3) is 2.24. The Labute approximate surface area is 94.1 Å². The third-order valence-electron chi connectivity index (χ3n) is 3.44. The van der Waals surface area contributed by atoms with E-state index in [1.807, 2.05) is 6.92 Å². The number of aliphatic hydroxyl groups is 1. The SMILES string of the molecule is CCC(O)(Cc1ccc(F)c(F)c1)C1CC1. The standard InChI is InChI=1S/C13H16F2O/c1-2-13(16,10-4-5-10)8-9-3-6-11(14)12(15)7-9/h3,6-7,10,16H,2,4-5,8H2,1H3. The zero-order chi connectivity index (χ0) is 11.8. The Kier molecular flexibility index (Phi) is 2.98. The highest BCUT2D eigenvalue weighted by Gasteiger charge is 2.42. The monoisotopic (exact) mass is 226 g/mol. The van der Waals surface area contributed by atoms with Crippen LogP contribution in [0.15, 0.2) is 18.2 Å². The van der Waals surface area contributed by atoms with Gasteiger partial charge in [-0.15, -0.1) is 0 Å². The second kappa shape index (κ2) is 4.13. The van der Waals surface area contributed by atoms with Crippen molar-refractivity contribution in [2.24, 2.45) is 5.92 Å². The van der Waals surface area contributed by atoms with E-state index in [-0.39, 0.29) is 0 Å². The van der Waals surface area contributed by atoms with E-state index in [1.165, 1.54) is 6.07 Å². The third-order valence-corrected chi connectivity index (χ3v) is 3.44. The molecule has 1 aromatic carbocycles. The molecule has 16 heavy (non-hydrogen) atoms. The van der Waals surface area contributed by atoms with E-state index >= 15 is 0 Å². The number of hydrogen-bond acceptors (Lipinski definition) is 1. The minimum atomic E-state index is -0.841. The molecule has 0 aromatic heterocycles. The molecule has 0 bridgehead atoms. The average Bonchev–Trinajstić information content (AvgIpc) is 3.07. The summed E-state index contributed by atoms with van der Waals surface area (Å²) in [6, 6.07) is 3.84. The van der Waals surface area contributed by atoms with Crippen LogP contribution >= 0.6 is 0 Å². The van der Waals surface area contributed by atoms with Crippen molar-refractivity contribution < 1.29 is 13.9 Å². The first-order chi connectivity index (χ1) is 7.55. The summed E-state index contributed by atoms with van der Waals surface area (Å²) in [6.07, 6.45) is 3.13. The fraction of sp³-hybridized carbons (Fsp3) is 0.538. The molecule has 0 aliphatic heterocycles. The van der Waals surface area contributed by atoms with Gasteiger partial charge in [0.2, 0.25) is 0 Å². The number of hydrogen-bond donors (Lipinski definition) is 1. The molecule has 3 heteroatoms. The normalized spacial score (nSPS) is 19.5. The Morgan fingerprint density at radius 2 is 2.00 bits per heavy atom. The summed E-state index contributed by atoms with van der Waals surface area (Å²) in [4.78, 5) is 0. The quantitative estimate of drug-likeness (QED) is 0.836. The predicted octanol–water partition coefficient (Wildman–Crippen LogP) is 3.06. The summed E-state index contributed by atoms with van der Waals surface area (Å²) in [5.74, 6) is -1.35. The Bertz CT molecular complexity index is 388. The summed E-state index contributed by atoms with van der Waals surface area (Å²) in [5.41, 5.74) is -0.0836. The largest absolute Gasteiger partial charge is 0.389 e. The fourth-order valence-corrected chi connectivity index (χ4v) is 2.18. The van der Waals surface area contributed by atoms with Crippen LogP contribution in [-0.2, 0) is 6.42 Å². The van der Waals surface area contributed by atoms with Gasteiger partial charge in [0.05, 0.1) is 5.60 Å². The minimum absolute atomic E-state index is 0.325. The van der Waals surface area contributed by atoms with Crippen molar-refractivity contribution in [2.75, 3.05) is 0 Å². The van der Waals surface area contributed by atoms with Crippen molar-refractivity contribution in [1.82, 2.24) is 0 Å². The van der Waals surface area contributed by atoms with E-state index in [9.17, 15) is 13.9 Å². The maximum Gasteiger partial charge on any atom is 0.159 e. The van der Waals surface area contributed by atoms with Crippen LogP contribution in [-0.4, -0.2) is 10.7 Å². The lowest BCUT2D eigenvalue weighted by molar-refractivity contribution is 0.0138. The van der Waals surface area contributed by atoms with Gasteiger partial charge in [-0.2, -0.15) is 0 Å². The second-order valence-corrected chi connectivity index (χ2v) is 4.66. The van der Waals surface area contributed by atoms with Gasteiger partial charge < -0.3 is 5.11 Å². The lowest BCUT2D eigenvalue weighted by Crippen LogP contribution is -2.33. The van der Waals surface area contributed by atoms with Crippen LogP contribution in [0.4, 0.5) is 8.78 Å². The van der Waals surface area contributed by atoms with Crippen LogP contribution in [0.3, 0.4) is 0 Å². The molecule has 1 N–H and O–H groups in total. The highest BCUT2D eigenvalue weighted by atomic mass is 19.2. The maximum absolute atomic E-state index is 13.0. The zero-order valence-electron chi connectivity index (χ0n) is 9.34. The van der Waals surface area contributed by atoms with Gasteiger partial charge >= 0.3 is 0 Å². The predicted molar refractivity (Wildman–Crippen MR) is 58.0 cm³/mol. The molecule has 0 saturated heterocycles. The molecule has 2 rings (SSSR count). The molecule has 0 amide bonds. The lowest BCUT2D eigenvalue weighted by Gasteiger charge is -2.26. The zero-order valence-corrected chi connectivity index (χ0v) is 9.34. The molecular formula is C13H16F2O. The minimum Gasteiger partial charge on any atom is -0.389 e. The Morgan fingerprint density at radius 3 is 2.50 bits per heavy atom. The van der Waals surface area contributed by atoms with E-state index in [0.717, 1.165) is 18.9 Å². The number of rotatable bonds is 4. The molecule has 1 nitrogen and oxygen atoms in total. The summed E-state index contributed by atoms with van der Waals surface area (Å²) in [7, 11) is 0. The summed E-state index contributed by atoms with van der Waals surface area (Å²) in [6.45, 7) is 1.93. The van der Waals surface area contributed by atoms with Gasteiger partial charge in [-0.3, -0.25) is 0 Å². The molecule has 88 valence electrons. The highest BCUT2D eigenvalue weighted by Crippen LogP contribution is 2.43. The molecular weight excluding hydrogens is 210 g/mol. The molecule has 1 aliphatic rings. The molecule has 1 fully saturated rings. The van der Waals surface area contributed by atoms with Crippen molar-refractivity contribution in [2.45, 2.75) is 38.2 Å². The Morgan fingerprint density at radius 1 is 1.31 bits per heavy atom. The highest BCUT2D eigenvalue weighted by molar-refractivity contribution is 5.20. The summed E-state index contributed by atoms with van der Waals surface area (Å²) < 4.78 is 25.8. The maximum atomic E-state index is 13.0. The van der Waals surface area contributed by atoms with Crippen molar-refractivity contribution in [3.8, 4) is 0 Å². The van der Waals surface area contributed by atoms with Crippen LogP contribution in [0.2, 0.25) is 0 Å². The fourth-order valence-electron chi connectivity index (χ4n) is 2.18. The van der Waals surface area contributed by atoms with Gasteiger partial charge in [0.15, 0.2) is 11.6 Å². The van der Waals surface area contributed by atoms with Gasteiger partial charge in [-0.25, -0.2) is 8.78 Å². The summed E-state index contributed by atoms with van der Waals surface area (Å²) in [5, 5.41) is 10.4. The smallest absolute Gasteiger partial charge is 0.159 e. The first-order valence-electron chi connectivity index (χ1n) is 5.71. The average molecular weight is 226 g/mol. The van der Waals surface area contributed by atoms with E-state index in [2.05, 4.69) is 0 Å². The van der Waals surface area contributed by atoms with Crippen molar-refractivity contribution >= 4 is 0 Å². The molecule has 1 aromatic rings. The molecule has 0 spiro atoms. The summed E-state index contributed by atoms with van der Waals surface area (Å²) >= 11 is 0. The van der Waals surface area contributed by atoms with Crippen LogP contribution in [0.25, 0.3) is 0 Å². The van der Waals surface area contributed by atoms with Crippen LogP contribution in [0.1, 0.15) is 31.7 Å². The van der Waals surface area contributed by atoms with Gasteiger partial charge in [0.1, 0.15) is 0 Å².